The highest BCUT2D eigenvalue weighted by Crippen LogP contribution is 2.58. The van der Waals surface area contributed by atoms with E-state index in [1.165, 1.54) is 5.57 Å². The van der Waals surface area contributed by atoms with Gasteiger partial charge in [0.15, 0.2) is 5.75 Å². The van der Waals surface area contributed by atoms with Crippen molar-refractivity contribution < 1.29 is 34.0 Å². The number of pyridine rings is 1. The number of allylic oxidation sites excluding steroid dienone is 1. The standard InChI is InChI=1S/C23H29NO7/c1-13-3-4-18-16-11-29-12-31-19(16)5-7-23(18,2)17(13)6-8-30-20-14(21(25)26)9-24-10-15(20)22(27)28/h9-10,16-19H,1,3-8,11-12H2,2H3,(H,25,26)(H,27,28). The van der Waals surface area contributed by atoms with E-state index in [0.717, 1.165) is 44.7 Å². The number of carboxylic acids is 2. The minimum absolute atomic E-state index is 0.0351. The second-order valence-corrected chi connectivity index (χ2v) is 9.07. The van der Waals surface area contributed by atoms with Gasteiger partial charge in [-0.05, 0) is 49.4 Å². The first-order valence-corrected chi connectivity index (χ1v) is 10.8. The molecular weight excluding hydrogens is 402 g/mol. The van der Waals surface area contributed by atoms with Gasteiger partial charge < -0.3 is 24.4 Å². The molecule has 5 atom stereocenters. The van der Waals surface area contributed by atoms with Gasteiger partial charge in [-0.3, -0.25) is 4.98 Å². The highest BCUT2D eigenvalue weighted by Gasteiger charge is 2.53. The summed E-state index contributed by atoms with van der Waals surface area (Å²) in [7, 11) is 0. The van der Waals surface area contributed by atoms with Gasteiger partial charge >= 0.3 is 11.9 Å². The quantitative estimate of drug-likeness (QED) is 0.656. The zero-order valence-corrected chi connectivity index (χ0v) is 17.7. The summed E-state index contributed by atoms with van der Waals surface area (Å²) in [6, 6.07) is 0. The van der Waals surface area contributed by atoms with Gasteiger partial charge in [0.05, 0.1) is 19.3 Å². The van der Waals surface area contributed by atoms with E-state index < -0.39 is 11.9 Å². The molecule has 2 heterocycles. The van der Waals surface area contributed by atoms with Crippen LogP contribution in [0.25, 0.3) is 0 Å². The Morgan fingerprint density at radius 1 is 1.26 bits per heavy atom. The number of carboxylic acid groups (broad SMARTS) is 2. The lowest BCUT2D eigenvalue weighted by Crippen LogP contribution is -2.54. The van der Waals surface area contributed by atoms with Crippen molar-refractivity contribution in [1.82, 2.24) is 4.98 Å². The molecular formula is C23H29NO7. The van der Waals surface area contributed by atoms with Crippen molar-refractivity contribution in [2.24, 2.45) is 23.2 Å². The molecule has 0 bridgehead atoms. The highest BCUT2D eigenvalue weighted by molar-refractivity contribution is 5.98. The van der Waals surface area contributed by atoms with Crippen LogP contribution in [0.2, 0.25) is 0 Å². The Hall–Kier alpha value is -2.45. The fourth-order valence-electron chi connectivity index (χ4n) is 6.03. The van der Waals surface area contributed by atoms with Crippen molar-refractivity contribution in [3.63, 3.8) is 0 Å². The third-order valence-corrected chi connectivity index (χ3v) is 7.56. The van der Waals surface area contributed by atoms with Gasteiger partial charge in [-0.2, -0.15) is 0 Å². The maximum Gasteiger partial charge on any atom is 0.341 e. The molecule has 1 aromatic heterocycles. The summed E-state index contributed by atoms with van der Waals surface area (Å²) >= 11 is 0. The first-order valence-electron chi connectivity index (χ1n) is 10.8. The molecule has 31 heavy (non-hydrogen) atoms. The second kappa shape index (κ2) is 8.59. The summed E-state index contributed by atoms with van der Waals surface area (Å²) < 4.78 is 17.3. The van der Waals surface area contributed by atoms with Crippen molar-refractivity contribution in [1.29, 1.82) is 0 Å². The lowest BCUT2D eigenvalue weighted by atomic mass is 9.50. The normalized spacial score (nSPS) is 32.6. The number of aromatic nitrogens is 1. The summed E-state index contributed by atoms with van der Waals surface area (Å²) in [5.74, 6) is -1.63. The molecule has 8 heteroatoms. The molecule has 2 aliphatic carbocycles. The Kier molecular flexibility index (Phi) is 6.03. The molecule has 2 N–H and O–H groups in total. The average Bonchev–Trinajstić information content (AvgIpc) is 2.75. The van der Waals surface area contributed by atoms with Gasteiger partial charge in [0.1, 0.15) is 17.9 Å². The van der Waals surface area contributed by atoms with Crippen LogP contribution < -0.4 is 4.74 Å². The molecule has 0 spiro atoms. The summed E-state index contributed by atoms with van der Waals surface area (Å²) in [5.41, 5.74) is 0.727. The third kappa shape index (κ3) is 3.94. The van der Waals surface area contributed by atoms with Gasteiger partial charge in [-0.15, -0.1) is 0 Å². The van der Waals surface area contributed by atoms with Crippen LogP contribution in [-0.2, 0) is 9.47 Å². The fourth-order valence-corrected chi connectivity index (χ4v) is 6.03. The molecule has 168 valence electrons. The van der Waals surface area contributed by atoms with E-state index in [2.05, 4.69) is 18.5 Å². The van der Waals surface area contributed by atoms with Gasteiger partial charge in [0.25, 0.3) is 0 Å². The monoisotopic (exact) mass is 431 g/mol. The number of aromatic carboxylic acids is 2. The molecule has 0 aromatic carbocycles. The summed E-state index contributed by atoms with van der Waals surface area (Å²) in [5, 5.41) is 18.8. The van der Waals surface area contributed by atoms with Crippen LogP contribution in [0.5, 0.6) is 5.75 Å². The fraction of sp³-hybridized carbons (Fsp3) is 0.609. The van der Waals surface area contributed by atoms with E-state index in [0.29, 0.717) is 25.0 Å². The third-order valence-electron chi connectivity index (χ3n) is 7.56. The molecule has 0 radical (unpaired) electrons. The number of nitrogens with zero attached hydrogens (tertiary/aromatic N) is 1. The molecule has 3 fully saturated rings. The zero-order chi connectivity index (χ0) is 22.2. The van der Waals surface area contributed by atoms with Crippen molar-refractivity contribution in [2.75, 3.05) is 20.0 Å². The van der Waals surface area contributed by atoms with Gasteiger partial charge in [0.2, 0.25) is 0 Å². The van der Waals surface area contributed by atoms with Crippen LogP contribution in [0.15, 0.2) is 24.5 Å². The predicted molar refractivity (Wildman–Crippen MR) is 110 cm³/mol. The van der Waals surface area contributed by atoms with E-state index in [1.54, 1.807) is 0 Å². The molecule has 0 amide bonds. The number of fused-ring (bicyclic) bond motifs is 3. The lowest BCUT2D eigenvalue weighted by molar-refractivity contribution is -0.218. The molecule has 1 saturated heterocycles. The van der Waals surface area contributed by atoms with E-state index >= 15 is 0 Å². The first-order chi connectivity index (χ1) is 14.8. The van der Waals surface area contributed by atoms with Crippen molar-refractivity contribution in [3.05, 3.63) is 35.7 Å². The van der Waals surface area contributed by atoms with E-state index in [4.69, 9.17) is 14.2 Å². The Bertz CT molecular complexity index is 852. The number of hydrogen-bond donors (Lipinski definition) is 2. The molecule has 5 unspecified atom stereocenters. The maximum absolute atomic E-state index is 11.5. The van der Waals surface area contributed by atoms with Crippen LogP contribution in [0.3, 0.4) is 0 Å². The van der Waals surface area contributed by atoms with Crippen molar-refractivity contribution >= 4 is 11.9 Å². The summed E-state index contributed by atoms with van der Waals surface area (Å²) in [4.78, 5) is 26.8. The zero-order valence-electron chi connectivity index (χ0n) is 17.7. The Morgan fingerprint density at radius 2 is 1.97 bits per heavy atom. The first kappa shape index (κ1) is 21.8. The van der Waals surface area contributed by atoms with E-state index in [-0.39, 0.29) is 40.9 Å². The summed E-state index contributed by atoms with van der Waals surface area (Å²) in [6.07, 6.45) is 7.15. The average molecular weight is 431 g/mol. The minimum atomic E-state index is -1.27. The summed E-state index contributed by atoms with van der Waals surface area (Å²) in [6.45, 7) is 7.95. The molecule has 8 nitrogen and oxygen atoms in total. The van der Waals surface area contributed by atoms with E-state index in [1.807, 2.05) is 0 Å². The van der Waals surface area contributed by atoms with Crippen molar-refractivity contribution in [3.8, 4) is 5.75 Å². The smallest absolute Gasteiger partial charge is 0.341 e. The molecule has 4 rings (SSSR count). The minimum Gasteiger partial charge on any atom is -0.492 e. The number of rotatable bonds is 6. The Balaban J connectivity index is 1.51. The number of hydrogen-bond acceptors (Lipinski definition) is 6. The molecule has 2 saturated carbocycles. The van der Waals surface area contributed by atoms with Crippen molar-refractivity contribution in [2.45, 2.75) is 45.1 Å². The Labute approximate surface area is 181 Å². The topological polar surface area (TPSA) is 115 Å². The second-order valence-electron chi connectivity index (χ2n) is 9.07. The SMILES string of the molecule is C=C1CCC2C3COCOC3CCC2(C)C1CCOc1c(C(=O)O)cncc1C(=O)O. The largest absolute Gasteiger partial charge is 0.492 e. The van der Waals surface area contributed by atoms with Crippen LogP contribution in [-0.4, -0.2) is 53.2 Å². The number of carbonyl (C=O) groups is 2. The molecule has 1 aliphatic heterocycles. The van der Waals surface area contributed by atoms with E-state index in [9.17, 15) is 19.8 Å². The highest BCUT2D eigenvalue weighted by atomic mass is 16.7. The van der Waals surface area contributed by atoms with Gasteiger partial charge in [-0.25, -0.2) is 9.59 Å². The van der Waals surface area contributed by atoms with Gasteiger partial charge in [0, 0.05) is 18.3 Å². The predicted octanol–water partition coefficient (Wildman–Crippen LogP) is 3.62. The van der Waals surface area contributed by atoms with Crippen LogP contribution in [0.4, 0.5) is 0 Å². The van der Waals surface area contributed by atoms with Crippen LogP contribution in [0, 0.1) is 23.2 Å². The van der Waals surface area contributed by atoms with Crippen LogP contribution in [0.1, 0.15) is 59.7 Å². The van der Waals surface area contributed by atoms with Gasteiger partial charge in [-0.1, -0.05) is 19.1 Å². The lowest BCUT2D eigenvalue weighted by Gasteiger charge is -2.57. The maximum atomic E-state index is 11.5. The molecule has 1 aromatic rings. The van der Waals surface area contributed by atoms with Crippen LogP contribution >= 0.6 is 0 Å². The molecule has 3 aliphatic rings. The Morgan fingerprint density at radius 3 is 2.65 bits per heavy atom. The number of ether oxygens (including phenoxy) is 3.